The minimum Gasteiger partial charge on any atom is -0.308 e. The fourth-order valence-electron chi connectivity index (χ4n) is 0.0204. The van der Waals surface area contributed by atoms with Crippen molar-refractivity contribution in [2.75, 3.05) is 0 Å². The van der Waals surface area contributed by atoms with Gasteiger partial charge in [0.05, 0.1) is 0 Å². The summed E-state index contributed by atoms with van der Waals surface area (Å²) in [5, 5.41) is 14.7. The van der Waals surface area contributed by atoms with E-state index in [2.05, 4.69) is 4.74 Å². The van der Waals surface area contributed by atoms with Crippen molar-refractivity contribution in [3.05, 3.63) is 0 Å². The molecule has 0 saturated carbocycles. The van der Waals surface area contributed by atoms with E-state index in [-0.39, 0.29) is 0 Å². The zero-order valence-corrected chi connectivity index (χ0v) is 2.30. The summed E-state index contributed by atoms with van der Waals surface area (Å²) < 4.78 is 3.44. The van der Waals surface area contributed by atoms with E-state index in [4.69, 9.17) is 10.5 Å². The standard InChI is InChI=1S/C2N2O/c3-1-5-2-4. The van der Waals surface area contributed by atoms with E-state index in [9.17, 15) is 0 Å². The molecule has 3 nitrogen and oxygen atoms in total. The Labute approximate surface area is 29.0 Å². The predicted octanol–water partition coefficient (Wildman–Crippen LogP) is -0.0348. The van der Waals surface area contributed by atoms with Crippen molar-refractivity contribution < 1.29 is 4.74 Å². The largest absolute Gasteiger partial charge is 0.308 e. The lowest BCUT2D eigenvalue weighted by Crippen LogP contribution is -1.55. The highest BCUT2D eigenvalue weighted by Gasteiger charge is 1.57. The molecule has 0 aliphatic rings. The molecule has 0 N–H and O–H groups in total. The highest BCUT2D eigenvalue weighted by atomic mass is 16.5. The molecule has 0 bridgehead atoms. The molecule has 0 radical (unpaired) electrons. The Bertz CT molecular complexity index is 72.8. The molecule has 0 aromatic rings. The molecule has 0 heterocycles. The first-order valence-corrected chi connectivity index (χ1v) is 0.855. The number of ether oxygens (including phenoxy) is 1. The molecular weight excluding hydrogens is 68.0 g/mol. The van der Waals surface area contributed by atoms with Crippen LogP contribution < -0.4 is 0 Å². The molecule has 0 spiro atoms. The molecule has 0 aromatic carbocycles. The van der Waals surface area contributed by atoms with Crippen molar-refractivity contribution in [2.24, 2.45) is 0 Å². The summed E-state index contributed by atoms with van der Waals surface area (Å²) in [4.78, 5) is 0. The predicted molar refractivity (Wildman–Crippen MR) is 12.3 cm³/mol. The summed E-state index contributed by atoms with van der Waals surface area (Å²) >= 11 is 0. The maximum absolute atomic E-state index is 7.37. The van der Waals surface area contributed by atoms with Gasteiger partial charge in [0.25, 0.3) is 0 Å². The maximum Gasteiger partial charge on any atom is 0.303 e. The Morgan fingerprint density at radius 3 is 1.60 bits per heavy atom. The number of hydrogen-bond acceptors (Lipinski definition) is 3. The number of hydrogen-bond donors (Lipinski definition) is 0. The zero-order valence-electron chi connectivity index (χ0n) is 2.30. The number of nitrogens with zero attached hydrogens (tertiary/aromatic N) is 2. The quantitative estimate of drug-likeness (QED) is 0.374. The van der Waals surface area contributed by atoms with Crippen molar-refractivity contribution >= 4 is 0 Å². The van der Waals surface area contributed by atoms with Crippen molar-refractivity contribution in [3.63, 3.8) is 0 Å². The fraction of sp³-hybridized carbons (Fsp3) is 0. The van der Waals surface area contributed by atoms with E-state index in [1.54, 1.807) is 0 Å². The van der Waals surface area contributed by atoms with Crippen LogP contribution in [0.25, 0.3) is 0 Å². The van der Waals surface area contributed by atoms with Crippen LogP contribution in [0.5, 0.6) is 0 Å². The van der Waals surface area contributed by atoms with E-state index in [1.165, 1.54) is 0 Å². The summed E-state index contributed by atoms with van der Waals surface area (Å²) in [5.74, 6) is 0. The second kappa shape index (κ2) is 2.78. The molecule has 5 heavy (non-hydrogen) atoms. The number of nitriles is 2. The second-order valence-corrected chi connectivity index (χ2v) is 0.285. The van der Waals surface area contributed by atoms with Crippen molar-refractivity contribution in [1.29, 1.82) is 10.5 Å². The molecule has 0 aliphatic carbocycles. The normalized spacial score (nSPS) is 3.60. The van der Waals surface area contributed by atoms with Gasteiger partial charge >= 0.3 is 12.5 Å². The molecule has 0 aromatic heterocycles. The molecule has 3 heteroatoms. The van der Waals surface area contributed by atoms with Crippen molar-refractivity contribution in [2.45, 2.75) is 0 Å². The number of rotatable bonds is 0. The van der Waals surface area contributed by atoms with Gasteiger partial charge in [-0.3, -0.25) is 0 Å². The van der Waals surface area contributed by atoms with Crippen LogP contribution in [0.3, 0.4) is 0 Å². The Morgan fingerprint density at radius 2 is 1.60 bits per heavy atom. The smallest absolute Gasteiger partial charge is 0.303 e. The summed E-state index contributed by atoms with van der Waals surface area (Å²) in [7, 11) is 0. The van der Waals surface area contributed by atoms with Crippen molar-refractivity contribution in [3.8, 4) is 12.5 Å². The third-order valence-electron chi connectivity index (χ3n) is 0.0913. The van der Waals surface area contributed by atoms with Gasteiger partial charge in [0, 0.05) is 0 Å². The first-order valence-electron chi connectivity index (χ1n) is 0.855. The van der Waals surface area contributed by atoms with Gasteiger partial charge in [-0.05, 0) is 0 Å². The van der Waals surface area contributed by atoms with Crippen LogP contribution in [0, 0.1) is 23.0 Å². The van der Waals surface area contributed by atoms with Crippen LogP contribution in [0.2, 0.25) is 0 Å². The lowest BCUT2D eigenvalue weighted by Gasteiger charge is -1.55. The lowest BCUT2D eigenvalue weighted by atomic mass is 11.4. The van der Waals surface area contributed by atoms with Crippen LogP contribution in [0.4, 0.5) is 0 Å². The molecule has 0 atom stereocenters. The maximum atomic E-state index is 7.37. The van der Waals surface area contributed by atoms with E-state index in [0.29, 0.717) is 0 Å². The zero-order chi connectivity index (χ0) is 4.12. The monoisotopic (exact) mass is 68.0 g/mol. The summed E-state index contributed by atoms with van der Waals surface area (Å²) in [6.07, 6.45) is 2.31. The summed E-state index contributed by atoms with van der Waals surface area (Å²) in [6, 6.07) is 0. The van der Waals surface area contributed by atoms with Crippen LogP contribution >= 0.6 is 0 Å². The van der Waals surface area contributed by atoms with Crippen molar-refractivity contribution in [1.82, 2.24) is 0 Å². The van der Waals surface area contributed by atoms with Gasteiger partial charge in [-0.15, -0.1) is 10.5 Å². The second-order valence-electron chi connectivity index (χ2n) is 0.285. The first-order chi connectivity index (χ1) is 2.41. The molecule has 0 saturated heterocycles. The van der Waals surface area contributed by atoms with Gasteiger partial charge < -0.3 is 4.74 Å². The van der Waals surface area contributed by atoms with Crippen LogP contribution in [0.15, 0.2) is 0 Å². The van der Waals surface area contributed by atoms with Gasteiger partial charge in [0.2, 0.25) is 0 Å². The van der Waals surface area contributed by atoms with E-state index in [0.717, 1.165) is 12.5 Å². The van der Waals surface area contributed by atoms with Gasteiger partial charge in [-0.2, -0.15) is 0 Å². The van der Waals surface area contributed by atoms with Crippen LogP contribution in [0.1, 0.15) is 0 Å². The molecule has 0 unspecified atom stereocenters. The Hall–Kier alpha value is -1.22. The Balaban J connectivity index is 2.86. The highest BCUT2D eigenvalue weighted by Crippen LogP contribution is 1.50. The van der Waals surface area contributed by atoms with E-state index in [1.807, 2.05) is 0 Å². The SMILES string of the molecule is N#COC#N. The molecule has 0 amide bonds. The average molecular weight is 68.0 g/mol. The Morgan fingerprint density at radius 1 is 1.20 bits per heavy atom. The van der Waals surface area contributed by atoms with Gasteiger partial charge in [-0.25, -0.2) is 0 Å². The minimum atomic E-state index is 1.16. The lowest BCUT2D eigenvalue weighted by molar-refractivity contribution is 0.455. The molecule has 0 rings (SSSR count). The molecule has 0 aliphatic heterocycles. The van der Waals surface area contributed by atoms with E-state index < -0.39 is 0 Å². The first kappa shape index (κ1) is 3.78. The van der Waals surface area contributed by atoms with E-state index >= 15 is 0 Å². The highest BCUT2D eigenvalue weighted by molar-refractivity contribution is 4.58. The minimum absolute atomic E-state index is 1.16. The third kappa shape index (κ3) is 2.78. The third-order valence-corrected chi connectivity index (χ3v) is 0.0913. The molecule has 0 fully saturated rings. The van der Waals surface area contributed by atoms with Crippen LogP contribution in [-0.4, -0.2) is 0 Å². The van der Waals surface area contributed by atoms with Crippen LogP contribution in [-0.2, 0) is 4.74 Å². The Kier molecular flexibility index (Phi) is 2.10. The fourth-order valence-corrected chi connectivity index (χ4v) is 0.0204. The summed E-state index contributed by atoms with van der Waals surface area (Å²) in [6.45, 7) is 0. The average Bonchev–Trinajstić information content (AvgIpc) is 1.41. The summed E-state index contributed by atoms with van der Waals surface area (Å²) in [5.41, 5.74) is 0. The topological polar surface area (TPSA) is 56.8 Å². The van der Waals surface area contributed by atoms with Gasteiger partial charge in [-0.1, -0.05) is 0 Å². The molecular formula is C2N2O. The van der Waals surface area contributed by atoms with Gasteiger partial charge in [0.1, 0.15) is 0 Å². The molecule has 24 valence electrons. The van der Waals surface area contributed by atoms with Gasteiger partial charge in [0.15, 0.2) is 0 Å².